The first kappa shape index (κ1) is 14.6. The van der Waals surface area contributed by atoms with Gasteiger partial charge >= 0.3 is 0 Å². The van der Waals surface area contributed by atoms with Gasteiger partial charge < -0.3 is 15.2 Å². The molecule has 1 atom stereocenters. The molecule has 2 N–H and O–H groups in total. The van der Waals surface area contributed by atoms with Crippen molar-refractivity contribution >= 4 is 22.7 Å². The molecule has 116 valence electrons. The fraction of sp³-hybridized carbons (Fsp3) is 0.375. The Kier molecular flexibility index (Phi) is 3.83. The van der Waals surface area contributed by atoms with Gasteiger partial charge in [-0.3, -0.25) is 9.59 Å². The van der Waals surface area contributed by atoms with E-state index < -0.39 is 0 Å². The van der Waals surface area contributed by atoms with Gasteiger partial charge in [0.2, 0.25) is 11.8 Å². The van der Waals surface area contributed by atoms with Crippen LogP contribution in [0.3, 0.4) is 0 Å². The summed E-state index contributed by atoms with van der Waals surface area (Å²) in [6, 6.07) is 4.55. The zero-order valence-corrected chi connectivity index (χ0v) is 12.4. The molecule has 1 saturated heterocycles. The van der Waals surface area contributed by atoms with Gasteiger partial charge in [-0.2, -0.15) is 0 Å². The summed E-state index contributed by atoms with van der Waals surface area (Å²) >= 11 is 0. The average Bonchev–Trinajstić information content (AvgIpc) is 3.05. The summed E-state index contributed by atoms with van der Waals surface area (Å²) in [5, 5.41) is 3.71. The number of hydrogen-bond donors (Lipinski definition) is 2. The second-order valence-electron chi connectivity index (χ2n) is 5.71. The van der Waals surface area contributed by atoms with E-state index in [4.69, 9.17) is 0 Å². The van der Waals surface area contributed by atoms with Crippen molar-refractivity contribution in [1.29, 1.82) is 0 Å². The Morgan fingerprint density at radius 1 is 1.45 bits per heavy atom. The third-order valence-corrected chi connectivity index (χ3v) is 4.02. The number of aromatic nitrogens is 1. The second kappa shape index (κ2) is 5.79. The highest BCUT2D eigenvalue weighted by Gasteiger charge is 2.26. The lowest BCUT2D eigenvalue weighted by Crippen LogP contribution is -2.37. The minimum absolute atomic E-state index is 0.0260. The van der Waals surface area contributed by atoms with Crippen LogP contribution in [0.2, 0.25) is 0 Å². The Balaban J connectivity index is 1.67. The fourth-order valence-corrected chi connectivity index (χ4v) is 2.97. The van der Waals surface area contributed by atoms with Crippen molar-refractivity contribution < 1.29 is 14.0 Å². The number of halogens is 1. The normalized spacial score (nSPS) is 17.9. The molecule has 2 amide bonds. The summed E-state index contributed by atoms with van der Waals surface area (Å²) < 4.78 is 13.2. The first-order valence-corrected chi connectivity index (χ1v) is 7.33. The lowest BCUT2D eigenvalue weighted by molar-refractivity contribution is -0.129. The summed E-state index contributed by atoms with van der Waals surface area (Å²) in [5.41, 5.74) is 1.56. The van der Waals surface area contributed by atoms with Gasteiger partial charge in [-0.25, -0.2) is 4.39 Å². The molecule has 0 unspecified atom stereocenters. The van der Waals surface area contributed by atoms with E-state index in [1.165, 1.54) is 19.1 Å². The minimum Gasteiger partial charge on any atom is -0.361 e. The molecule has 0 saturated carbocycles. The molecule has 1 aliphatic heterocycles. The highest BCUT2D eigenvalue weighted by Crippen LogP contribution is 2.21. The van der Waals surface area contributed by atoms with E-state index in [0.29, 0.717) is 18.6 Å². The molecule has 22 heavy (non-hydrogen) atoms. The maximum Gasteiger partial charge on any atom is 0.227 e. The number of aromatic amines is 1. The number of nitrogens with one attached hydrogen (secondary N) is 2. The zero-order chi connectivity index (χ0) is 15.7. The lowest BCUT2D eigenvalue weighted by Gasteiger charge is -2.16. The molecule has 2 aromatic rings. The first-order valence-electron chi connectivity index (χ1n) is 7.33. The average molecular weight is 303 g/mol. The molecule has 1 aliphatic rings. The van der Waals surface area contributed by atoms with Gasteiger partial charge in [-0.05, 0) is 30.2 Å². The zero-order valence-electron chi connectivity index (χ0n) is 12.4. The standard InChI is InChI=1S/C16H18FN3O2/c1-10(21)19-13-4-5-20(9-13)16(22)6-11-8-18-15-7-12(17)2-3-14(11)15/h2-3,7-8,13,18H,4-6,9H2,1H3,(H,19,21)/t13-/m0/s1. The van der Waals surface area contributed by atoms with Crippen LogP contribution in [-0.2, 0) is 16.0 Å². The molecule has 0 radical (unpaired) electrons. The van der Waals surface area contributed by atoms with Crippen LogP contribution in [0.15, 0.2) is 24.4 Å². The molecule has 6 heteroatoms. The van der Waals surface area contributed by atoms with Crippen LogP contribution >= 0.6 is 0 Å². The van der Waals surface area contributed by atoms with Gasteiger partial charge in [0, 0.05) is 43.2 Å². The van der Waals surface area contributed by atoms with Crippen molar-refractivity contribution in [2.75, 3.05) is 13.1 Å². The van der Waals surface area contributed by atoms with E-state index in [9.17, 15) is 14.0 Å². The number of likely N-dealkylation sites (tertiary alicyclic amines) is 1. The van der Waals surface area contributed by atoms with E-state index in [1.54, 1.807) is 17.2 Å². The van der Waals surface area contributed by atoms with Crippen molar-refractivity contribution in [3.05, 3.63) is 35.8 Å². The summed E-state index contributed by atoms with van der Waals surface area (Å²) in [4.78, 5) is 28.2. The van der Waals surface area contributed by atoms with Gasteiger partial charge in [0.25, 0.3) is 0 Å². The number of hydrogen-bond acceptors (Lipinski definition) is 2. The highest BCUT2D eigenvalue weighted by molar-refractivity contribution is 5.89. The van der Waals surface area contributed by atoms with Crippen LogP contribution in [0.5, 0.6) is 0 Å². The molecule has 0 bridgehead atoms. The van der Waals surface area contributed by atoms with Gasteiger partial charge in [0.15, 0.2) is 0 Å². The summed E-state index contributed by atoms with van der Waals surface area (Å²) in [6.07, 6.45) is 2.81. The largest absolute Gasteiger partial charge is 0.361 e. The molecule has 2 heterocycles. The number of fused-ring (bicyclic) bond motifs is 1. The lowest BCUT2D eigenvalue weighted by atomic mass is 10.1. The predicted octanol–water partition coefficient (Wildman–Crippen LogP) is 1.59. The van der Waals surface area contributed by atoms with Crippen molar-refractivity contribution in [2.45, 2.75) is 25.8 Å². The SMILES string of the molecule is CC(=O)N[C@H]1CCN(C(=O)Cc2c[nH]c3cc(F)ccc23)C1. The molecular formula is C16H18FN3O2. The molecule has 1 aromatic carbocycles. The van der Waals surface area contributed by atoms with Crippen LogP contribution < -0.4 is 5.32 Å². The highest BCUT2D eigenvalue weighted by atomic mass is 19.1. The third kappa shape index (κ3) is 2.95. The number of H-pyrrole nitrogens is 1. The minimum atomic E-state index is -0.301. The smallest absolute Gasteiger partial charge is 0.227 e. The summed E-state index contributed by atoms with van der Waals surface area (Å²) in [6.45, 7) is 2.69. The second-order valence-corrected chi connectivity index (χ2v) is 5.71. The first-order chi connectivity index (χ1) is 10.5. The van der Waals surface area contributed by atoms with Crippen molar-refractivity contribution in [3.8, 4) is 0 Å². The van der Waals surface area contributed by atoms with Crippen LogP contribution in [0.25, 0.3) is 10.9 Å². The molecular weight excluding hydrogens is 285 g/mol. The van der Waals surface area contributed by atoms with Gasteiger partial charge in [0.05, 0.1) is 6.42 Å². The number of amides is 2. The van der Waals surface area contributed by atoms with E-state index >= 15 is 0 Å². The Morgan fingerprint density at radius 2 is 2.27 bits per heavy atom. The molecule has 1 aromatic heterocycles. The Bertz CT molecular complexity index is 725. The van der Waals surface area contributed by atoms with Crippen molar-refractivity contribution in [2.24, 2.45) is 0 Å². The van der Waals surface area contributed by atoms with Gasteiger partial charge in [0.1, 0.15) is 5.82 Å². The van der Waals surface area contributed by atoms with E-state index in [2.05, 4.69) is 10.3 Å². The Labute approximate surface area is 127 Å². The molecule has 3 rings (SSSR count). The maximum absolute atomic E-state index is 13.2. The van der Waals surface area contributed by atoms with Crippen LogP contribution in [-0.4, -0.2) is 40.8 Å². The maximum atomic E-state index is 13.2. The number of carbonyl (C=O) groups is 2. The Hall–Kier alpha value is -2.37. The van der Waals surface area contributed by atoms with E-state index in [0.717, 1.165) is 17.4 Å². The number of benzene rings is 1. The van der Waals surface area contributed by atoms with Crippen molar-refractivity contribution in [3.63, 3.8) is 0 Å². The fourth-order valence-electron chi connectivity index (χ4n) is 2.97. The Morgan fingerprint density at radius 3 is 3.05 bits per heavy atom. The number of carbonyl (C=O) groups excluding carboxylic acids is 2. The molecule has 0 spiro atoms. The predicted molar refractivity (Wildman–Crippen MR) is 80.8 cm³/mol. The summed E-state index contributed by atoms with van der Waals surface area (Å²) in [7, 11) is 0. The number of nitrogens with zero attached hydrogens (tertiary/aromatic N) is 1. The third-order valence-electron chi connectivity index (χ3n) is 4.02. The van der Waals surface area contributed by atoms with Crippen LogP contribution in [0.4, 0.5) is 4.39 Å². The number of rotatable bonds is 3. The van der Waals surface area contributed by atoms with E-state index in [1.807, 2.05) is 0 Å². The molecule has 0 aliphatic carbocycles. The van der Waals surface area contributed by atoms with Gasteiger partial charge in [-0.1, -0.05) is 0 Å². The molecule has 5 nitrogen and oxygen atoms in total. The summed E-state index contributed by atoms with van der Waals surface area (Å²) in [5.74, 6) is -0.346. The quantitative estimate of drug-likeness (QED) is 0.904. The van der Waals surface area contributed by atoms with Gasteiger partial charge in [-0.15, -0.1) is 0 Å². The monoisotopic (exact) mass is 303 g/mol. The molecule has 1 fully saturated rings. The van der Waals surface area contributed by atoms with Crippen LogP contribution in [0.1, 0.15) is 18.9 Å². The topological polar surface area (TPSA) is 65.2 Å². The van der Waals surface area contributed by atoms with Crippen LogP contribution in [0, 0.1) is 5.82 Å². The van der Waals surface area contributed by atoms with E-state index in [-0.39, 0.29) is 30.1 Å². The van der Waals surface area contributed by atoms with Crippen molar-refractivity contribution in [1.82, 2.24) is 15.2 Å².